The van der Waals surface area contributed by atoms with Crippen molar-refractivity contribution in [3.63, 3.8) is 0 Å². The van der Waals surface area contributed by atoms with Crippen LogP contribution in [0.5, 0.6) is 0 Å². The van der Waals surface area contributed by atoms with Crippen molar-refractivity contribution in [3.05, 3.63) is 30.3 Å². The molecule has 17 heavy (non-hydrogen) atoms. The summed E-state index contributed by atoms with van der Waals surface area (Å²) >= 11 is 2.04. The van der Waals surface area contributed by atoms with E-state index in [0.29, 0.717) is 11.2 Å². The van der Waals surface area contributed by atoms with Crippen molar-refractivity contribution < 1.29 is 0 Å². The van der Waals surface area contributed by atoms with E-state index in [1.54, 1.807) is 0 Å². The summed E-state index contributed by atoms with van der Waals surface area (Å²) in [6.45, 7) is 4.25. The Morgan fingerprint density at radius 3 is 2.94 bits per heavy atom. The molecule has 0 aromatic heterocycles. The van der Waals surface area contributed by atoms with Gasteiger partial charge in [-0.2, -0.15) is 11.8 Å². The second-order valence-corrected chi connectivity index (χ2v) is 5.56. The molecular weight excluding hydrogens is 230 g/mol. The van der Waals surface area contributed by atoms with Gasteiger partial charge in [0, 0.05) is 24.1 Å². The van der Waals surface area contributed by atoms with E-state index in [0.717, 1.165) is 24.5 Å². The molecular formula is C13H19N3S. The number of rotatable bonds is 2. The van der Waals surface area contributed by atoms with Crippen LogP contribution in [0.2, 0.25) is 0 Å². The molecule has 2 N–H and O–H groups in total. The van der Waals surface area contributed by atoms with Crippen molar-refractivity contribution in [1.82, 2.24) is 4.90 Å². The largest absolute Gasteiger partial charge is 0.369 e. The van der Waals surface area contributed by atoms with E-state index in [9.17, 15) is 0 Å². The van der Waals surface area contributed by atoms with E-state index in [-0.39, 0.29) is 0 Å². The van der Waals surface area contributed by atoms with Crippen molar-refractivity contribution in [3.8, 4) is 0 Å². The number of guanidine groups is 1. The van der Waals surface area contributed by atoms with E-state index in [1.807, 2.05) is 42.1 Å². The zero-order valence-electron chi connectivity index (χ0n) is 10.2. The van der Waals surface area contributed by atoms with Crippen LogP contribution in [0.15, 0.2) is 35.3 Å². The van der Waals surface area contributed by atoms with Crippen molar-refractivity contribution in [2.75, 3.05) is 18.8 Å². The fourth-order valence-corrected chi connectivity index (χ4v) is 3.06. The monoisotopic (exact) mass is 249 g/mol. The summed E-state index contributed by atoms with van der Waals surface area (Å²) in [5, 5.41) is 0.688. The molecule has 4 heteroatoms. The van der Waals surface area contributed by atoms with E-state index < -0.39 is 0 Å². The number of para-hydroxylation sites is 1. The molecule has 0 radical (unpaired) electrons. The van der Waals surface area contributed by atoms with Gasteiger partial charge in [-0.1, -0.05) is 25.1 Å². The summed E-state index contributed by atoms with van der Waals surface area (Å²) in [5.74, 6) is 1.79. The minimum atomic E-state index is 0.648. The Morgan fingerprint density at radius 2 is 2.24 bits per heavy atom. The maximum atomic E-state index is 6.06. The zero-order valence-corrected chi connectivity index (χ0v) is 11.0. The number of nitrogens with two attached hydrogens (primary N) is 1. The Labute approximate surface area is 107 Å². The quantitative estimate of drug-likeness (QED) is 0.646. The Morgan fingerprint density at radius 1 is 1.47 bits per heavy atom. The van der Waals surface area contributed by atoms with Crippen LogP contribution in [0.3, 0.4) is 0 Å². The minimum Gasteiger partial charge on any atom is -0.369 e. The maximum Gasteiger partial charge on any atom is 0.196 e. The fourth-order valence-electron chi connectivity index (χ4n) is 1.88. The highest BCUT2D eigenvalue weighted by atomic mass is 32.2. The van der Waals surface area contributed by atoms with Crippen LogP contribution in [0, 0.1) is 0 Å². The number of thioether (sulfide) groups is 1. The summed E-state index contributed by atoms with van der Waals surface area (Å²) in [5.41, 5.74) is 6.99. The molecule has 1 aliphatic heterocycles. The lowest BCUT2D eigenvalue weighted by Gasteiger charge is -2.32. The highest BCUT2D eigenvalue weighted by Crippen LogP contribution is 2.21. The highest BCUT2D eigenvalue weighted by molar-refractivity contribution is 8.00. The minimum absolute atomic E-state index is 0.648. The number of benzene rings is 1. The van der Waals surface area contributed by atoms with E-state index in [1.165, 1.54) is 6.42 Å². The normalized spacial score (nSPS) is 21.6. The molecule has 0 saturated carbocycles. The Kier molecular flexibility index (Phi) is 4.31. The number of nitrogens with zero attached hydrogens (tertiary/aromatic N) is 2. The van der Waals surface area contributed by atoms with E-state index >= 15 is 0 Å². The predicted molar refractivity (Wildman–Crippen MR) is 75.8 cm³/mol. The van der Waals surface area contributed by atoms with Crippen molar-refractivity contribution in [2.45, 2.75) is 18.6 Å². The van der Waals surface area contributed by atoms with Crippen LogP contribution >= 0.6 is 11.8 Å². The first-order valence-electron chi connectivity index (χ1n) is 6.05. The third kappa shape index (κ3) is 3.40. The third-order valence-electron chi connectivity index (χ3n) is 2.92. The average Bonchev–Trinajstić information content (AvgIpc) is 2.40. The smallest absolute Gasteiger partial charge is 0.196 e. The van der Waals surface area contributed by atoms with Crippen molar-refractivity contribution in [1.29, 1.82) is 0 Å². The average molecular weight is 249 g/mol. The molecule has 1 aromatic rings. The van der Waals surface area contributed by atoms with E-state index in [2.05, 4.69) is 16.8 Å². The molecule has 0 spiro atoms. The molecule has 0 aliphatic carbocycles. The maximum absolute atomic E-state index is 6.06. The number of aliphatic imine (C=N–C) groups is 1. The second-order valence-electron chi connectivity index (χ2n) is 4.15. The summed E-state index contributed by atoms with van der Waals surface area (Å²) < 4.78 is 0. The molecule has 1 heterocycles. The highest BCUT2D eigenvalue weighted by Gasteiger charge is 2.20. The number of hydrogen-bond acceptors (Lipinski definition) is 2. The van der Waals surface area contributed by atoms with Gasteiger partial charge in [0.2, 0.25) is 0 Å². The molecule has 3 nitrogen and oxygen atoms in total. The van der Waals surface area contributed by atoms with Crippen LogP contribution in [0.4, 0.5) is 5.69 Å². The first-order valence-corrected chi connectivity index (χ1v) is 7.10. The van der Waals surface area contributed by atoms with Crippen LogP contribution in [0.25, 0.3) is 0 Å². The summed E-state index contributed by atoms with van der Waals surface area (Å²) in [7, 11) is 0. The first-order chi connectivity index (χ1) is 8.29. The molecule has 0 bridgehead atoms. The van der Waals surface area contributed by atoms with E-state index in [4.69, 9.17) is 5.73 Å². The molecule has 1 fully saturated rings. The van der Waals surface area contributed by atoms with Gasteiger partial charge in [-0.3, -0.25) is 0 Å². The molecule has 1 atom stereocenters. The third-order valence-corrected chi connectivity index (χ3v) is 4.29. The van der Waals surface area contributed by atoms with Crippen LogP contribution < -0.4 is 5.73 Å². The zero-order chi connectivity index (χ0) is 12.1. The molecule has 1 saturated heterocycles. The standard InChI is InChI=1S/C13H19N3S/c1-2-12-10-16(8-9-17-12)13(14)15-11-6-4-3-5-7-11/h3-7,12H,2,8-10H2,1H3,(H2,14,15). The molecule has 92 valence electrons. The van der Waals surface area contributed by atoms with Crippen LogP contribution in [0.1, 0.15) is 13.3 Å². The lowest BCUT2D eigenvalue weighted by atomic mass is 10.3. The van der Waals surface area contributed by atoms with Crippen molar-refractivity contribution >= 4 is 23.4 Å². The van der Waals surface area contributed by atoms with Gasteiger partial charge < -0.3 is 10.6 Å². The lowest BCUT2D eigenvalue weighted by Crippen LogP contribution is -2.45. The van der Waals surface area contributed by atoms with Crippen LogP contribution in [-0.2, 0) is 0 Å². The Hall–Kier alpha value is -1.16. The number of hydrogen-bond donors (Lipinski definition) is 1. The summed E-state index contributed by atoms with van der Waals surface area (Å²) in [6, 6.07) is 9.89. The summed E-state index contributed by atoms with van der Waals surface area (Å²) in [6.07, 6.45) is 1.19. The molecule has 1 aliphatic rings. The Bertz CT molecular complexity index is 378. The SMILES string of the molecule is CCC1CN(C(N)=Nc2ccccc2)CCS1. The topological polar surface area (TPSA) is 41.6 Å². The first kappa shape index (κ1) is 12.3. The predicted octanol–water partition coefficient (Wildman–Crippen LogP) is 2.46. The fraction of sp³-hybridized carbons (Fsp3) is 0.462. The molecule has 1 aromatic carbocycles. The molecule has 1 unspecified atom stereocenters. The summed E-state index contributed by atoms with van der Waals surface area (Å²) in [4.78, 5) is 6.65. The van der Waals surface area contributed by atoms with Gasteiger partial charge in [0.15, 0.2) is 5.96 Å². The molecule has 0 amide bonds. The van der Waals surface area contributed by atoms with Crippen LogP contribution in [-0.4, -0.2) is 35.0 Å². The van der Waals surface area contributed by atoms with Gasteiger partial charge in [-0.25, -0.2) is 4.99 Å². The lowest BCUT2D eigenvalue weighted by molar-refractivity contribution is 0.420. The van der Waals surface area contributed by atoms with Gasteiger partial charge >= 0.3 is 0 Å². The van der Waals surface area contributed by atoms with Gasteiger partial charge in [-0.15, -0.1) is 0 Å². The van der Waals surface area contributed by atoms with Gasteiger partial charge in [0.1, 0.15) is 0 Å². The van der Waals surface area contributed by atoms with Gasteiger partial charge in [0.05, 0.1) is 5.69 Å². The second kappa shape index (κ2) is 5.96. The molecule has 2 rings (SSSR count). The van der Waals surface area contributed by atoms with Gasteiger partial charge in [-0.05, 0) is 18.6 Å². The van der Waals surface area contributed by atoms with Crippen molar-refractivity contribution in [2.24, 2.45) is 10.7 Å². The van der Waals surface area contributed by atoms with Gasteiger partial charge in [0.25, 0.3) is 0 Å². The Balaban J connectivity index is 2.04.